The third kappa shape index (κ3) is 5.76. The van der Waals surface area contributed by atoms with Crippen molar-refractivity contribution in [2.45, 2.75) is 77.6 Å². The fourth-order valence-electron chi connectivity index (χ4n) is 3.19. The third-order valence-electron chi connectivity index (χ3n) is 4.35. The second-order valence-corrected chi connectivity index (χ2v) is 6.66. The highest BCUT2D eigenvalue weighted by atomic mass is 19.3. The van der Waals surface area contributed by atoms with Gasteiger partial charge < -0.3 is 9.90 Å². The van der Waals surface area contributed by atoms with Crippen molar-refractivity contribution in [3.8, 4) is 0 Å². The Bertz CT molecular complexity index is 297. The molecule has 4 heteroatoms. The van der Waals surface area contributed by atoms with Gasteiger partial charge >= 0.3 is 0 Å². The molecular formula is C16H27F2O2-. The average Bonchev–Trinajstić information content (AvgIpc) is 2.36. The van der Waals surface area contributed by atoms with Crippen molar-refractivity contribution in [1.82, 2.24) is 0 Å². The Kier molecular flexibility index (Phi) is 6.90. The molecule has 1 saturated carbocycles. The molecule has 0 aromatic heterocycles. The zero-order chi connectivity index (χ0) is 15.2. The van der Waals surface area contributed by atoms with E-state index in [4.69, 9.17) is 0 Å². The van der Waals surface area contributed by atoms with Crippen molar-refractivity contribution in [3.05, 3.63) is 0 Å². The molecule has 1 aliphatic rings. The molecule has 1 unspecified atom stereocenters. The monoisotopic (exact) mass is 289 g/mol. The summed E-state index contributed by atoms with van der Waals surface area (Å²) < 4.78 is 28.1. The fourth-order valence-corrected chi connectivity index (χ4v) is 3.19. The second-order valence-electron chi connectivity index (χ2n) is 6.66. The maximum atomic E-state index is 14.0. The molecule has 0 aliphatic heterocycles. The lowest BCUT2D eigenvalue weighted by molar-refractivity contribution is -0.320. The van der Waals surface area contributed by atoms with Crippen molar-refractivity contribution in [3.63, 3.8) is 0 Å². The Hall–Kier alpha value is -0.670. The molecular weight excluding hydrogens is 262 g/mol. The molecule has 0 aromatic rings. The van der Waals surface area contributed by atoms with Crippen LogP contribution >= 0.6 is 0 Å². The van der Waals surface area contributed by atoms with Gasteiger partial charge in [0, 0.05) is 6.42 Å². The summed E-state index contributed by atoms with van der Waals surface area (Å²) in [5, 5.41) is 11.0. The van der Waals surface area contributed by atoms with Crippen molar-refractivity contribution in [2.75, 3.05) is 0 Å². The molecule has 1 fully saturated rings. The molecule has 20 heavy (non-hydrogen) atoms. The first kappa shape index (κ1) is 17.4. The van der Waals surface area contributed by atoms with E-state index in [9.17, 15) is 18.7 Å². The van der Waals surface area contributed by atoms with Crippen LogP contribution in [0.4, 0.5) is 8.78 Å². The molecule has 0 saturated heterocycles. The van der Waals surface area contributed by atoms with Gasteiger partial charge in [0.1, 0.15) is 0 Å². The highest BCUT2D eigenvalue weighted by Gasteiger charge is 2.40. The molecule has 0 heterocycles. The summed E-state index contributed by atoms with van der Waals surface area (Å²) >= 11 is 0. The summed E-state index contributed by atoms with van der Waals surface area (Å²) in [4.78, 5) is 11.0. The van der Waals surface area contributed by atoms with Crippen molar-refractivity contribution in [1.29, 1.82) is 0 Å². The van der Waals surface area contributed by atoms with Gasteiger partial charge in [-0.3, -0.25) is 0 Å². The molecule has 1 atom stereocenters. The molecule has 1 rings (SSSR count). The van der Waals surface area contributed by atoms with Gasteiger partial charge in [-0.05, 0) is 24.7 Å². The zero-order valence-corrected chi connectivity index (χ0v) is 12.7. The number of hydrogen-bond acceptors (Lipinski definition) is 2. The topological polar surface area (TPSA) is 40.1 Å². The molecule has 0 aromatic carbocycles. The summed E-state index contributed by atoms with van der Waals surface area (Å²) in [6.07, 6.45) is 6.83. The van der Waals surface area contributed by atoms with E-state index in [1.54, 1.807) is 13.8 Å². The fraction of sp³-hybridized carbons (Fsp3) is 0.938. The molecule has 0 bridgehead atoms. The number of carboxylic acid groups (broad SMARTS) is 1. The van der Waals surface area contributed by atoms with Crippen LogP contribution < -0.4 is 5.11 Å². The molecule has 0 spiro atoms. The maximum absolute atomic E-state index is 14.0. The number of carboxylic acids is 1. The Labute approximate surface area is 120 Å². The first-order valence-corrected chi connectivity index (χ1v) is 7.91. The largest absolute Gasteiger partial charge is 0.550 e. The lowest BCUT2D eigenvalue weighted by atomic mass is 9.83. The minimum absolute atomic E-state index is 0.0151. The number of carbonyl (C=O) groups excluding carboxylic acids is 1. The molecule has 118 valence electrons. The Balaban J connectivity index is 2.42. The van der Waals surface area contributed by atoms with Gasteiger partial charge in [0.25, 0.3) is 5.92 Å². The van der Waals surface area contributed by atoms with E-state index in [-0.39, 0.29) is 18.8 Å². The Morgan fingerprint density at radius 2 is 1.85 bits per heavy atom. The van der Waals surface area contributed by atoms with Crippen LogP contribution in [0.25, 0.3) is 0 Å². The molecule has 0 N–H and O–H groups in total. The van der Waals surface area contributed by atoms with Crippen molar-refractivity contribution in [2.24, 2.45) is 17.8 Å². The molecule has 2 nitrogen and oxygen atoms in total. The van der Waals surface area contributed by atoms with Crippen LogP contribution in [0.5, 0.6) is 0 Å². The molecule has 0 radical (unpaired) electrons. The summed E-state index contributed by atoms with van der Waals surface area (Å²) in [7, 11) is 0. The van der Waals surface area contributed by atoms with E-state index in [0.29, 0.717) is 12.3 Å². The normalized spacial score (nSPS) is 19.2. The number of rotatable bonds is 8. The van der Waals surface area contributed by atoms with Crippen molar-refractivity contribution >= 4 is 5.97 Å². The van der Waals surface area contributed by atoms with Gasteiger partial charge in [-0.25, -0.2) is 8.78 Å². The lowest BCUT2D eigenvalue weighted by Gasteiger charge is -2.30. The number of halogens is 2. The van der Waals surface area contributed by atoms with E-state index in [1.165, 1.54) is 19.3 Å². The Morgan fingerprint density at radius 1 is 1.25 bits per heavy atom. The number of aliphatic carboxylic acids is 1. The van der Waals surface area contributed by atoms with E-state index in [1.807, 2.05) is 0 Å². The summed E-state index contributed by atoms with van der Waals surface area (Å²) in [5.74, 6) is -5.90. The van der Waals surface area contributed by atoms with Gasteiger partial charge in [-0.1, -0.05) is 52.4 Å². The zero-order valence-electron chi connectivity index (χ0n) is 12.7. The predicted molar refractivity (Wildman–Crippen MR) is 73.3 cm³/mol. The number of alkyl halides is 2. The van der Waals surface area contributed by atoms with Crippen LogP contribution in [0, 0.1) is 17.8 Å². The highest BCUT2D eigenvalue weighted by molar-refractivity contribution is 5.68. The van der Waals surface area contributed by atoms with Crippen LogP contribution in [0.2, 0.25) is 0 Å². The van der Waals surface area contributed by atoms with Crippen LogP contribution in [0.15, 0.2) is 0 Å². The van der Waals surface area contributed by atoms with E-state index >= 15 is 0 Å². The first-order chi connectivity index (χ1) is 9.33. The summed E-state index contributed by atoms with van der Waals surface area (Å²) in [6.45, 7) is 3.52. The molecule has 1 aliphatic carbocycles. The quantitative estimate of drug-likeness (QED) is 0.682. The third-order valence-corrected chi connectivity index (χ3v) is 4.35. The van der Waals surface area contributed by atoms with Gasteiger partial charge in [0.15, 0.2) is 0 Å². The highest BCUT2D eigenvalue weighted by Crippen LogP contribution is 2.36. The maximum Gasteiger partial charge on any atom is 0.256 e. The minimum atomic E-state index is -3.14. The second kappa shape index (κ2) is 7.94. The smallest absolute Gasteiger partial charge is 0.256 e. The predicted octanol–water partition coefficient (Wildman–Crippen LogP) is 3.78. The average molecular weight is 289 g/mol. The van der Waals surface area contributed by atoms with Crippen LogP contribution in [-0.4, -0.2) is 11.9 Å². The van der Waals surface area contributed by atoms with E-state index < -0.39 is 17.8 Å². The van der Waals surface area contributed by atoms with Crippen molar-refractivity contribution < 1.29 is 18.7 Å². The van der Waals surface area contributed by atoms with Gasteiger partial charge in [0.2, 0.25) is 0 Å². The van der Waals surface area contributed by atoms with Gasteiger partial charge in [0.05, 0.1) is 11.9 Å². The first-order valence-electron chi connectivity index (χ1n) is 7.91. The van der Waals surface area contributed by atoms with Gasteiger partial charge in [-0.15, -0.1) is 0 Å². The lowest BCUT2D eigenvalue weighted by Crippen LogP contribution is -2.43. The van der Waals surface area contributed by atoms with Crippen LogP contribution in [0.1, 0.15) is 71.6 Å². The van der Waals surface area contributed by atoms with E-state index in [2.05, 4.69) is 0 Å². The van der Waals surface area contributed by atoms with Gasteiger partial charge in [-0.2, -0.15) is 0 Å². The SMILES string of the molecule is CC(C)CC(C(=O)[O-])C(F)(F)CCCC1CCCCC1. The van der Waals surface area contributed by atoms with Crippen LogP contribution in [-0.2, 0) is 4.79 Å². The number of hydrogen-bond donors (Lipinski definition) is 0. The minimum Gasteiger partial charge on any atom is -0.550 e. The summed E-state index contributed by atoms with van der Waals surface area (Å²) in [6, 6.07) is 0. The number of carbonyl (C=O) groups is 1. The van der Waals surface area contributed by atoms with E-state index in [0.717, 1.165) is 19.3 Å². The molecule has 0 amide bonds. The standard InChI is InChI=1S/C16H28F2O2/c1-12(2)11-14(15(19)20)16(17,18)10-6-9-13-7-4-3-5-8-13/h12-14H,3-11H2,1-2H3,(H,19,20)/p-1. The Morgan fingerprint density at radius 3 is 2.35 bits per heavy atom. The summed E-state index contributed by atoms with van der Waals surface area (Å²) in [5.41, 5.74) is 0. The van der Waals surface area contributed by atoms with Crippen LogP contribution in [0.3, 0.4) is 0 Å².